The summed E-state index contributed by atoms with van der Waals surface area (Å²) in [6, 6.07) is 9.44. The Balaban J connectivity index is 2.26. The average Bonchev–Trinajstić information content (AvgIpc) is 2.59. The molecule has 7 nitrogen and oxygen atoms in total. The van der Waals surface area contributed by atoms with Crippen molar-refractivity contribution in [2.24, 2.45) is 0 Å². The third kappa shape index (κ3) is 4.59. The number of nitrogens with zero attached hydrogens (tertiary/aromatic N) is 1. The van der Waals surface area contributed by atoms with Gasteiger partial charge in [0, 0.05) is 18.4 Å². The molecule has 1 atom stereocenters. The molecule has 9 heteroatoms. The highest BCUT2D eigenvalue weighted by Crippen LogP contribution is 2.24. The summed E-state index contributed by atoms with van der Waals surface area (Å²) < 4.78 is 23.1. The van der Waals surface area contributed by atoms with Crippen LogP contribution in [0.3, 0.4) is 0 Å². The van der Waals surface area contributed by atoms with Gasteiger partial charge in [-0.25, -0.2) is 8.42 Å². The van der Waals surface area contributed by atoms with E-state index in [1.807, 2.05) is 6.92 Å². The molecule has 0 aliphatic rings. The minimum absolute atomic E-state index is 0.00655. The minimum Gasteiger partial charge on any atom is -0.345 e. The lowest BCUT2D eigenvalue weighted by Gasteiger charge is -2.18. The third-order valence-electron chi connectivity index (χ3n) is 3.83. The van der Waals surface area contributed by atoms with E-state index in [0.717, 1.165) is 17.9 Å². The van der Waals surface area contributed by atoms with Crippen LogP contribution in [0.1, 0.15) is 35.3 Å². The predicted octanol–water partition coefficient (Wildman–Crippen LogP) is 3.53. The summed E-state index contributed by atoms with van der Waals surface area (Å²) in [5.74, 6) is -0.544. The number of amides is 1. The number of nitrogens with one attached hydrogen (secondary N) is 1. The second-order valence-corrected chi connectivity index (χ2v) is 8.12. The molecule has 1 N–H and O–H groups in total. The molecule has 0 spiro atoms. The molecule has 2 aromatic rings. The molecular formula is C17H17ClN2O5S. The highest BCUT2D eigenvalue weighted by atomic mass is 35.5. The van der Waals surface area contributed by atoms with Crippen molar-refractivity contribution < 1.29 is 18.1 Å². The number of benzene rings is 2. The highest BCUT2D eigenvalue weighted by molar-refractivity contribution is 7.90. The van der Waals surface area contributed by atoms with Crippen LogP contribution in [0.2, 0.25) is 5.02 Å². The Morgan fingerprint density at radius 3 is 2.35 bits per heavy atom. The predicted molar refractivity (Wildman–Crippen MR) is 98.2 cm³/mol. The Labute approximate surface area is 156 Å². The molecule has 26 heavy (non-hydrogen) atoms. The number of sulfone groups is 1. The lowest BCUT2D eigenvalue weighted by atomic mass is 10.0. The number of non-ortho nitro benzene ring substituents is 1. The molecule has 1 amide bonds. The molecule has 0 aliphatic carbocycles. The summed E-state index contributed by atoms with van der Waals surface area (Å²) in [5, 5.41) is 13.8. The van der Waals surface area contributed by atoms with Crippen LogP contribution in [0, 0.1) is 10.1 Å². The standard InChI is InChI=1S/C17H17ClN2O5S/c1-3-16(11-4-7-13(8-5-11)26(2,24)25)19-17(21)14-10-12(20(22)23)6-9-15(14)18/h4-10,16H,3H2,1-2H3,(H,19,21)/t16-/m1/s1. The molecular weight excluding hydrogens is 380 g/mol. The minimum atomic E-state index is -3.31. The number of carbonyl (C=O) groups is 1. The Kier molecular flexibility index (Phi) is 5.99. The van der Waals surface area contributed by atoms with Gasteiger partial charge in [0.15, 0.2) is 9.84 Å². The summed E-state index contributed by atoms with van der Waals surface area (Å²) in [4.78, 5) is 23.0. The van der Waals surface area contributed by atoms with Gasteiger partial charge in [0.25, 0.3) is 11.6 Å². The largest absolute Gasteiger partial charge is 0.345 e. The summed E-state index contributed by atoms with van der Waals surface area (Å²) in [5.41, 5.74) is 0.493. The molecule has 138 valence electrons. The summed E-state index contributed by atoms with van der Waals surface area (Å²) in [6.07, 6.45) is 1.65. The summed E-state index contributed by atoms with van der Waals surface area (Å²) >= 11 is 5.99. The Morgan fingerprint density at radius 2 is 1.85 bits per heavy atom. The first-order valence-electron chi connectivity index (χ1n) is 7.68. The average molecular weight is 397 g/mol. The van der Waals surface area contributed by atoms with Crippen molar-refractivity contribution in [1.82, 2.24) is 5.32 Å². The maximum absolute atomic E-state index is 12.5. The van der Waals surface area contributed by atoms with Gasteiger partial charge in [-0.1, -0.05) is 30.7 Å². The molecule has 0 heterocycles. The normalized spacial score (nSPS) is 12.4. The number of nitro groups is 1. The van der Waals surface area contributed by atoms with Gasteiger partial charge in [0.1, 0.15) is 0 Å². The van der Waals surface area contributed by atoms with Crippen LogP contribution < -0.4 is 5.32 Å². The van der Waals surface area contributed by atoms with Gasteiger partial charge in [0.2, 0.25) is 0 Å². The van der Waals surface area contributed by atoms with Gasteiger partial charge >= 0.3 is 0 Å². The molecule has 2 rings (SSSR count). The molecule has 0 aromatic heterocycles. The SMILES string of the molecule is CC[C@@H](NC(=O)c1cc([N+](=O)[O-])ccc1Cl)c1ccc(S(C)(=O)=O)cc1. The fourth-order valence-electron chi connectivity index (χ4n) is 2.41. The van der Waals surface area contributed by atoms with Gasteiger partial charge in [-0.2, -0.15) is 0 Å². The van der Waals surface area contributed by atoms with Crippen molar-refractivity contribution in [1.29, 1.82) is 0 Å². The van der Waals surface area contributed by atoms with E-state index >= 15 is 0 Å². The third-order valence-corrected chi connectivity index (χ3v) is 5.29. The lowest BCUT2D eigenvalue weighted by molar-refractivity contribution is -0.384. The Morgan fingerprint density at radius 1 is 1.23 bits per heavy atom. The van der Waals surface area contributed by atoms with Crippen molar-refractivity contribution in [3.05, 3.63) is 68.7 Å². The monoisotopic (exact) mass is 396 g/mol. The van der Waals surface area contributed by atoms with Crippen molar-refractivity contribution in [2.75, 3.05) is 6.26 Å². The first-order chi connectivity index (χ1) is 12.1. The fraction of sp³-hybridized carbons (Fsp3) is 0.235. The Bertz CT molecular complexity index is 942. The maximum Gasteiger partial charge on any atom is 0.270 e. The molecule has 0 saturated carbocycles. The fourth-order valence-corrected chi connectivity index (χ4v) is 3.24. The van der Waals surface area contributed by atoms with Gasteiger partial charge in [-0.05, 0) is 30.2 Å². The van der Waals surface area contributed by atoms with Crippen LogP contribution >= 0.6 is 11.6 Å². The van der Waals surface area contributed by atoms with Gasteiger partial charge < -0.3 is 5.32 Å². The second-order valence-electron chi connectivity index (χ2n) is 5.70. The molecule has 0 fully saturated rings. The van der Waals surface area contributed by atoms with E-state index in [1.165, 1.54) is 24.3 Å². The van der Waals surface area contributed by atoms with Gasteiger partial charge in [0.05, 0.1) is 26.4 Å². The summed E-state index contributed by atoms with van der Waals surface area (Å²) in [7, 11) is -3.31. The first-order valence-corrected chi connectivity index (χ1v) is 9.95. The first kappa shape index (κ1) is 19.9. The Hall–Kier alpha value is -2.45. The van der Waals surface area contributed by atoms with Crippen LogP contribution in [-0.4, -0.2) is 25.5 Å². The second kappa shape index (κ2) is 7.84. The smallest absolute Gasteiger partial charge is 0.270 e. The maximum atomic E-state index is 12.5. The van der Waals surface area contributed by atoms with Gasteiger partial charge in [-0.3, -0.25) is 14.9 Å². The van der Waals surface area contributed by atoms with E-state index in [-0.39, 0.29) is 21.2 Å². The molecule has 2 aromatic carbocycles. The van der Waals surface area contributed by atoms with Crippen molar-refractivity contribution >= 4 is 33.0 Å². The molecule has 0 bridgehead atoms. The summed E-state index contributed by atoms with van der Waals surface area (Å²) in [6.45, 7) is 1.85. The van der Waals surface area contributed by atoms with E-state index in [2.05, 4.69) is 5.32 Å². The van der Waals surface area contributed by atoms with Crippen LogP contribution in [0.15, 0.2) is 47.4 Å². The zero-order valence-electron chi connectivity index (χ0n) is 14.1. The van der Waals surface area contributed by atoms with E-state index in [0.29, 0.717) is 6.42 Å². The van der Waals surface area contributed by atoms with E-state index in [9.17, 15) is 23.3 Å². The highest BCUT2D eigenvalue weighted by Gasteiger charge is 2.19. The van der Waals surface area contributed by atoms with Crippen LogP contribution in [-0.2, 0) is 9.84 Å². The molecule has 0 radical (unpaired) electrons. The topological polar surface area (TPSA) is 106 Å². The zero-order valence-corrected chi connectivity index (χ0v) is 15.7. The number of nitro benzene ring substituents is 1. The number of halogens is 1. The van der Waals surface area contributed by atoms with Crippen LogP contribution in [0.4, 0.5) is 5.69 Å². The molecule has 0 aliphatic heterocycles. The zero-order chi connectivity index (χ0) is 19.5. The van der Waals surface area contributed by atoms with Crippen molar-refractivity contribution in [2.45, 2.75) is 24.3 Å². The van der Waals surface area contributed by atoms with E-state index in [1.54, 1.807) is 12.1 Å². The number of hydrogen-bond donors (Lipinski definition) is 1. The lowest BCUT2D eigenvalue weighted by Crippen LogP contribution is -2.28. The van der Waals surface area contributed by atoms with Crippen molar-refractivity contribution in [3.8, 4) is 0 Å². The number of hydrogen-bond acceptors (Lipinski definition) is 5. The van der Waals surface area contributed by atoms with Crippen molar-refractivity contribution in [3.63, 3.8) is 0 Å². The number of rotatable bonds is 6. The van der Waals surface area contributed by atoms with E-state index < -0.39 is 26.7 Å². The molecule has 0 saturated heterocycles. The van der Waals surface area contributed by atoms with Gasteiger partial charge in [-0.15, -0.1) is 0 Å². The number of carbonyl (C=O) groups excluding carboxylic acids is 1. The van der Waals surface area contributed by atoms with Crippen LogP contribution in [0.25, 0.3) is 0 Å². The quantitative estimate of drug-likeness (QED) is 0.593. The van der Waals surface area contributed by atoms with Crippen LogP contribution in [0.5, 0.6) is 0 Å². The van der Waals surface area contributed by atoms with E-state index in [4.69, 9.17) is 11.6 Å². The molecule has 0 unspecified atom stereocenters.